The van der Waals surface area contributed by atoms with Crippen LogP contribution in [0.1, 0.15) is 31.4 Å². The molecule has 10 heteroatoms. The zero-order chi connectivity index (χ0) is 27.4. The number of ether oxygens (including phenoxy) is 1. The Morgan fingerprint density at radius 3 is 2.46 bits per heavy atom. The monoisotopic (exact) mass is 539 g/mol. The number of halogens is 3. The fraction of sp³-hybridized carbons (Fsp3) is 0.379. The second kappa shape index (κ2) is 11.5. The summed E-state index contributed by atoms with van der Waals surface area (Å²) in [6.45, 7) is 1.34. The number of alkyl halides is 3. The molecule has 2 heterocycles. The highest BCUT2D eigenvalue weighted by molar-refractivity contribution is 5.90. The van der Waals surface area contributed by atoms with E-state index in [9.17, 15) is 13.2 Å². The van der Waals surface area contributed by atoms with Gasteiger partial charge in [-0.15, -0.1) is 13.2 Å². The zero-order valence-electron chi connectivity index (χ0n) is 22.0. The lowest BCUT2D eigenvalue weighted by atomic mass is 9.86. The van der Waals surface area contributed by atoms with Gasteiger partial charge in [0.2, 0.25) is 5.95 Å². The lowest BCUT2D eigenvalue weighted by molar-refractivity contribution is -0.274. The van der Waals surface area contributed by atoms with Crippen molar-refractivity contribution in [3.63, 3.8) is 0 Å². The molecule has 0 saturated heterocycles. The van der Waals surface area contributed by atoms with Gasteiger partial charge in [0.25, 0.3) is 0 Å². The number of hydrogen-bond donors (Lipinski definition) is 2. The average Bonchev–Trinajstić information content (AvgIpc) is 3.37. The highest BCUT2D eigenvalue weighted by atomic mass is 19.4. The quantitative estimate of drug-likeness (QED) is 0.248. The molecule has 7 nitrogen and oxygen atoms in total. The number of benzene rings is 2. The standard InChI is InChI=1S/C29H32F3N5O2/c1-37(2)27-22-7-3-5-9-24(22)35-28(36-27)34-20-13-11-19(12-14-20)17-33-18-21-15-16-25(38-21)23-8-4-6-10-26(23)39-29(30,31)32/h3-10,15-16,19-20,33H,11-14,17-18H2,1-2H3,(H,34,35,36)/t19-,20+. The van der Waals surface area contributed by atoms with Crippen molar-refractivity contribution < 1.29 is 22.3 Å². The maximum absolute atomic E-state index is 12.7. The number of nitrogens with one attached hydrogen (secondary N) is 2. The van der Waals surface area contributed by atoms with Crippen molar-refractivity contribution in [1.29, 1.82) is 0 Å². The fourth-order valence-corrected chi connectivity index (χ4v) is 5.06. The Labute approximate surface area is 225 Å². The third-order valence-electron chi connectivity index (χ3n) is 6.96. The fourth-order valence-electron chi connectivity index (χ4n) is 5.06. The van der Waals surface area contributed by atoms with Crippen LogP contribution in [0.3, 0.4) is 0 Å². The van der Waals surface area contributed by atoms with E-state index < -0.39 is 6.36 Å². The topological polar surface area (TPSA) is 75.5 Å². The van der Waals surface area contributed by atoms with Gasteiger partial charge in [-0.3, -0.25) is 0 Å². The normalized spacial score (nSPS) is 17.8. The summed E-state index contributed by atoms with van der Waals surface area (Å²) in [6, 6.07) is 17.8. The van der Waals surface area contributed by atoms with Crippen LogP contribution in [0, 0.1) is 5.92 Å². The summed E-state index contributed by atoms with van der Waals surface area (Å²) < 4.78 is 48.2. The molecule has 39 heavy (non-hydrogen) atoms. The molecule has 0 atom stereocenters. The second-order valence-electron chi connectivity index (χ2n) is 10.1. The molecule has 1 fully saturated rings. The first kappa shape index (κ1) is 26.8. The summed E-state index contributed by atoms with van der Waals surface area (Å²) in [5.74, 6) is 2.82. The van der Waals surface area contributed by atoms with Crippen molar-refractivity contribution >= 4 is 22.7 Å². The van der Waals surface area contributed by atoms with Crippen LogP contribution >= 0.6 is 0 Å². The van der Waals surface area contributed by atoms with E-state index in [1.54, 1.807) is 24.3 Å². The number of nitrogens with zero attached hydrogens (tertiary/aromatic N) is 3. The van der Waals surface area contributed by atoms with Crippen molar-refractivity contribution in [1.82, 2.24) is 15.3 Å². The summed E-state index contributed by atoms with van der Waals surface area (Å²) in [6.07, 6.45) is -0.560. The Morgan fingerprint density at radius 1 is 0.949 bits per heavy atom. The van der Waals surface area contributed by atoms with E-state index in [2.05, 4.69) is 15.4 Å². The minimum Gasteiger partial charge on any atom is -0.460 e. The number of aromatic nitrogens is 2. The summed E-state index contributed by atoms with van der Waals surface area (Å²) in [4.78, 5) is 11.5. The van der Waals surface area contributed by atoms with Crippen LogP contribution in [0.25, 0.3) is 22.2 Å². The molecule has 2 N–H and O–H groups in total. The largest absolute Gasteiger partial charge is 0.573 e. The molecule has 2 aromatic heterocycles. The Kier molecular flexibility index (Phi) is 7.92. The molecule has 0 bridgehead atoms. The Balaban J connectivity index is 1.11. The van der Waals surface area contributed by atoms with Gasteiger partial charge in [0.1, 0.15) is 23.1 Å². The smallest absolute Gasteiger partial charge is 0.460 e. The first-order valence-corrected chi connectivity index (χ1v) is 13.1. The highest BCUT2D eigenvalue weighted by Crippen LogP contribution is 2.35. The molecule has 4 aromatic rings. The summed E-state index contributed by atoms with van der Waals surface area (Å²) in [5.41, 5.74) is 1.19. The predicted molar refractivity (Wildman–Crippen MR) is 146 cm³/mol. The maximum atomic E-state index is 12.7. The van der Waals surface area contributed by atoms with Gasteiger partial charge < -0.3 is 24.7 Å². The molecule has 2 aromatic carbocycles. The number of hydrogen-bond acceptors (Lipinski definition) is 7. The minimum atomic E-state index is -4.76. The molecule has 1 saturated carbocycles. The molecule has 5 rings (SSSR count). The van der Waals surface area contributed by atoms with Crippen LogP contribution in [0.15, 0.2) is 65.1 Å². The highest BCUT2D eigenvalue weighted by Gasteiger charge is 2.32. The SMILES string of the molecule is CN(C)c1nc(N[C@H]2CC[C@@H](CNCc3ccc(-c4ccccc4OC(F)(F)F)o3)CC2)nc2ccccc12. The molecule has 0 amide bonds. The lowest BCUT2D eigenvalue weighted by Crippen LogP contribution is -2.31. The third kappa shape index (κ3) is 6.81. The van der Waals surface area contributed by atoms with Crippen LogP contribution in [-0.4, -0.2) is 43.0 Å². The molecule has 0 aliphatic heterocycles. The summed E-state index contributed by atoms with van der Waals surface area (Å²) in [7, 11) is 3.98. The van der Waals surface area contributed by atoms with Crippen LogP contribution in [0.5, 0.6) is 5.75 Å². The Morgan fingerprint density at radius 2 is 1.69 bits per heavy atom. The van der Waals surface area contributed by atoms with Crippen molar-refractivity contribution in [2.75, 3.05) is 30.9 Å². The first-order chi connectivity index (χ1) is 18.7. The molecule has 0 radical (unpaired) electrons. The molecule has 0 unspecified atom stereocenters. The summed E-state index contributed by atoms with van der Waals surface area (Å²) >= 11 is 0. The van der Waals surface area contributed by atoms with Crippen LogP contribution in [0.2, 0.25) is 0 Å². The average molecular weight is 540 g/mol. The molecule has 206 valence electrons. The van der Waals surface area contributed by atoms with Gasteiger partial charge in [-0.25, -0.2) is 4.98 Å². The van der Waals surface area contributed by atoms with Gasteiger partial charge in [-0.05, 0) is 74.5 Å². The van der Waals surface area contributed by atoms with E-state index >= 15 is 0 Å². The minimum absolute atomic E-state index is 0.264. The van der Waals surface area contributed by atoms with E-state index in [1.807, 2.05) is 43.3 Å². The molecule has 1 aliphatic rings. The van der Waals surface area contributed by atoms with Crippen LogP contribution < -0.4 is 20.3 Å². The number of fused-ring (bicyclic) bond motifs is 1. The lowest BCUT2D eigenvalue weighted by Gasteiger charge is -2.29. The van der Waals surface area contributed by atoms with Gasteiger partial charge in [-0.1, -0.05) is 24.3 Å². The summed E-state index contributed by atoms with van der Waals surface area (Å²) in [5, 5.41) is 8.01. The van der Waals surface area contributed by atoms with Gasteiger partial charge in [0.05, 0.1) is 17.6 Å². The van der Waals surface area contributed by atoms with E-state index in [1.165, 1.54) is 12.1 Å². The zero-order valence-corrected chi connectivity index (χ0v) is 22.0. The van der Waals surface area contributed by atoms with E-state index in [4.69, 9.17) is 14.4 Å². The van der Waals surface area contributed by atoms with Crippen molar-refractivity contribution in [3.8, 4) is 17.1 Å². The predicted octanol–water partition coefficient (Wildman–Crippen LogP) is 6.61. The molecular formula is C29H32F3N5O2. The maximum Gasteiger partial charge on any atom is 0.573 e. The van der Waals surface area contributed by atoms with E-state index in [0.717, 1.165) is 48.9 Å². The van der Waals surface area contributed by atoms with Crippen LogP contribution in [-0.2, 0) is 6.54 Å². The first-order valence-electron chi connectivity index (χ1n) is 13.1. The molecule has 0 spiro atoms. The third-order valence-corrected chi connectivity index (χ3v) is 6.96. The van der Waals surface area contributed by atoms with Gasteiger partial charge in [0.15, 0.2) is 0 Å². The number of furan rings is 1. The number of para-hydroxylation sites is 2. The van der Waals surface area contributed by atoms with E-state index in [-0.39, 0.29) is 11.3 Å². The van der Waals surface area contributed by atoms with Crippen LogP contribution in [0.4, 0.5) is 24.9 Å². The second-order valence-corrected chi connectivity index (χ2v) is 10.1. The Hall–Kier alpha value is -3.79. The van der Waals surface area contributed by atoms with Crippen molar-refractivity contribution in [2.45, 2.75) is 44.6 Å². The van der Waals surface area contributed by atoms with Crippen molar-refractivity contribution in [2.24, 2.45) is 5.92 Å². The number of anilines is 2. The Bertz CT molecular complexity index is 1400. The number of rotatable bonds is 9. The molecular weight excluding hydrogens is 507 g/mol. The molecule has 1 aliphatic carbocycles. The van der Waals surface area contributed by atoms with E-state index in [0.29, 0.717) is 36.0 Å². The van der Waals surface area contributed by atoms with Gasteiger partial charge in [-0.2, -0.15) is 4.98 Å². The van der Waals surface area contributed by atoms with Gasteiger partial charge >= 0.3 is 6.36 Å². The van der Waals surface area contributed by atoms with Gasteiger partial charge in [0, 0.05) is 25.5 Å². The van der Waals surface area contributed by atoms with Crippen molar-refractivity contribution in [3.05, 3.63) is 66.4 Å².